The van der Waals surface area contributed by atoms with E-state index in [0.29, 0.717) is 6.54 Å². The second-order valence-corrected chi connectivity index (χ2v) is 5.85. The first-order valence-corrected chi connectivity index (χ1v) is 6.09. The predicted octanol–water partition coefficient (Wildman–Crippen LogP) is 1.27. The molecule has 1 N–H and O–H groups in total. The van der Waals surface area contributed by atoms with Crippen LogP contribution in [0.3, 0.4) is 0 Å². The first-order chi connectivity index (χ1) is 7.77. The van der Waals surface area contributed by atoms with E-state index in [1.165, 1.54) is 0 Å². The van der Waals surface area contributed by atoms with Crippen molar-refractivity contribution in [1.29, 1.82) is 0 Å². The van der Waals surface area contributed by atoms with E-state index in [4.69, 9.17) is 4.74 Å². The molecule has 0 aromatic heterocycles. The summed E-state index contributed by atoms with van der Waals surface area (Å²) in [5, 5.41) is 2.80. The van der Waals surface area contributed by atoms with E-state index in [1.807, 2.05) is 27.7 Å². The van der Waals surface area contributed by atoms with E-state index in [-0.39, 0.29) is 18.0 Å². The van der Waals surface area contributed by atoms with Crippen LogP contribution in [-0.2, 0) is 9.53 Å². The molecule has 0 radical (unpaired) electrons. The lowest BCUT2D eigenvalue weighted by molar-refractivity contribution is -0.145. The van der Waals surface area contributed by atoms with Gasteiger partial charge < -0.3 is 10.1 Å². The van der Waals surface area contributed by atoms with Gasteiger partial charge in [0.05, 0.1) is 6.04 Å². The number of rotatable bonds is 0. The van der Waals surface area contributed by atoms with Gasteiger partial charge in [0.2, 0.25) is 5.91 Å². The summed E-state index contributed by atoms with van der Waals surface area (Å²) in [4.78, 5) is 25.5. The highest BCUT2D eigenvalue weighted by Crippen LogP contribution is 2.39. The molecule has 2 amide bonds. The molecule has 0 aliphatic carbocycles. The Morgan fingerprint density at radius 1 is 1.53 bits per heavy atom. The number of nitrogens with one attached hydrogen (secondary N) is 1. The number of ether oxygens (including phenoxy) is 1. The maximum absolute atomic E-state index is 12.1. The fraction of sp³-hybridized carbons (Fsp3) is 0.833. The van der Waals surface area contributed by atoms with E-state index in [0.717, 1.165) is 12.8 Å². The van der Waals surface area contributed by atoms with Crippen molar-refractivity contribution in [1.82, 2.24) is 10.2 Å². The van der Waals surface area contributed by atoms with Crippen molar-refractivity contribution in [2.24, 2.45) is 0 Å². The molecule has 2 atom stereocenters. The Hall–Kier alpha value is -1.26. The summed E-state index contributed by atoms with van der Waals surface area (Å²) in [5.41, 5.74) is -1.17. The lowest BCUT2D eigenvalue weighted by Crippen LogP contribution is -2.77. The molecule has 5 heteroatoms. The molecule has 2 rings (SSSR count). The second kappa shape index (κ2) is 3.62. The number of nitrogens with zero attached hydrogens (tertiary/aromatic N) is 1. The molecular formula is C12H20N2O3. The Bertz CT molecular complexity index is 361. The van der Waals surface area contributed by atoms with Crippen molar-refractivity contribution in [3.05, 3.63) is 0 Å². The summed E-state index contributed by atoms with van der Waals surface area (Å²) in [6, 6.07) is 0.0185. The first kappa shape index (κ1) is 12.2. The van der Waals surface area contributed by atoms with Gasteiger partial charge in [-0.1, -0.05) is 0 Å². The number of carbonyl (C=O) groups is 2. The van der Waals surface area contributed by atoms with Crippen LogP contribution in [0.15, 0.2) is 0 Å². The third-order valence-corrected chi connectivity index (χ3v) is 3.49. The number of likely N-dealkylation sites (tertiary alicyclic amines) is 1. The number of hydrogen-bond acceptors (Lipinski definition) is 3. The second-order valence-electron chi connectivity index (χ2n) is 5.85. The Balaban J connectivity index is 2.16. The van der Waals surface area contributed by atoms with Gasteiger partial charge in [-0.15, -0.1) is 0 Å². The molecule has 96 valence electrons. The summed E-state index contributed by atoms with van der Waals surface area (Å²) >= 11 is 0. The fourth-order valence-corrected chi connectivity index (χ4v) is 2.66. The van der Waals surface area contributed by atoms with Gasteiger partial charge in [0.15, 0.2) is 0 Å². The molecule has 2 fully saturated rings. The van der Waals surface area contributed by atoms with E-state index in [1.54, 1.807) is 4.90 Å². The topological polar surface area (TPSA) is 58.6 Å². The van der Waals surface area contributed by atoms with E-state index < -0.39 is 11.1 Å². The van der Waals surface area contributed by atoms with E-state index in [9.17, 15) is 9.59 Å². The molecule has 0 aromatic rings. The van der Waals surface area contributed by atoms with Gasteiger partial charge in [0, 0.05) is 6.54 Å². The van der Waals surface area contributed by atoms with Gasteiger partial charge in [-0.2, -0.15) is 0 Å². The van der Waals surface area contributed by atoms with Gasteiger partial charge in [0.25, 0.3) is 0 Å². The van der Waals surface area contributed by atoms with Crippen LogP contribution < -0.4 is 5.32 Å². The smallest absolute Gasteiger partial charge is 0.411 e. The third kappa shape index (κ3) is 1.77. The van der Waals surface area contributed by atoms with Gasteiger partial charge in [-0.05, 0) is 40.5 Å². The van der Waals surface area contributed by atoms with E-state index in [2.05, 4.69) is 5.32 Å². The Kier molecular flexibility index (Phi) is 2.60. The maximum atomic E-state index is 12.1. The summed E-state index contributed by atoms with van der Waals surface area (Å²) in [6.07, 6.45) is 1.22. The quantitative estimate of drug-likeness (QED) is 0.649. The molecule has 0 saturated carbocycles. The van der Waals surface area contributed by atoms with Crippen molar-refractivity contribution >= 4 is 12.0 Å². The lowest BCUT2D eigenvalue weighted by atomic mass is 9.80. The third-order valence-electron chi connectivity index (χ3n) is 3.49. The SMILES string of the molecule is CC1NC(=O)C12CCCN2C(=O)OC(C)(C)C. The van der Waals surface area contributed by atoms with Crippen molar-refractivity contribution < 1.29 is 14.3 Å². The minimum Gasteiger partial charge on any atom is -0.444 e. The highest BCUT2D eigenvalue weighted by atomic mass is 16.6. The van der Waals surface area contributed by atoms with Crippen molar-refractivity contribution in [2.75, 3.05) is 6.54 Å². The molecule has 2 saturated heterocycles. The average molecular weight is 240 g/mol. The standard InChI is InChI=1S/C12H20N2O3/c1-8-12(9(15)13-8)6-5-7-14(12)10(16)17-11(2,3)4/h8H,5-7H2,1-4H3,(H,13,15). The molecule has 2 aliphatic rings. The van der Waals surface area contributed by atoms with Crippen molar-refractivity contribution in [3.8, 4) is 0 Å². The number of carbonyl (C=O) groups excluding carboxylic acids is 2. The number of β-lactam (4-membered cyclic amide) rings is 1. The molecule has 2 heterocycles. The summed E-state index contributed by atoms with van der Waals surface area (Å²) < 4.78 is 5.36. The van der Waals surface area contributed by atoms with Crippen LogP contribution in [0.1, 0.15) is 40.5 Å². The van der Waals surface area contributed by atoms with Crippen LogP contribution in [-0.4, -0.2) is 40.6 Å². The van der Waals surface area contributed by atoms with Gasteiger partial charge in [-0.3, -0.25) is 9.69 Å². The van der Waals surface area contributed by atoms with Crippen LogP contribution in [0.2, 0.25) is 0 Å². The number of hydrogen-bond donors (Lipinski definition) is 1. The zero-order valence-electron chi connectivity index (χ0n) is 10.9. The molecule has 0 aromatic carbocycles. The molecule has 5 nitrogen and oxygen atoms in total. The van der Waals surface area contributed by atoms with Crippen molar-refractivity contribution in [3.63, 3.8) is 0 Å². The van der Waals surface area contributed by atoms with Gasteiger partial charge in [0.1, 0.15) is 11.1 Å². The molecule has 1 spiro atoms. The summed E-state index contributed by atoms with van der Waals surface area (Å²) in [7, 11) is 0. The van der Waals surface area contributed by atoms with Gasteiger partial charge in [-0.25, -0.2) is 4.79 Å². The van der Waals surface area contributed by atoms with Crippen LogP contribution in [0.4, 0.5) is 4.79 Å². The Morgan fingerprint density at radius 3 is 2.65 bits per heavy atom. The molecule has 2 unspecified atom stereocenters. The minimum absolute atomic E-state index is 0.0185. The summed E-state index contributed by atoms with van der Waals surface area (Å²) in [5.74, 6) is -0.0478. The summed E-state index contributed by atoms with van der Waals surface area (Å²) in [6.45, 7) is 8.03. The molecular weight excluding hydrogens is 220 g/mol. The number of amides is 2. The molecule has 17 heavy (non-hydrogen) atoms. The van der Waals surface area contributed by atoms with Crippen LogP contribution in [0.25, 0.3) is 0 Å². The van der Waals surface area contributed by atoms with Crippen LogP contribution >= 0.6 is 0 Å². The largest absolute Gasteiger partial charge is 0.444 e. The average Bonchev–Trinajstić information content (AvgIpc) is 2.62. The van der Waals surface area contributed by atoms with Gasteiger partial charge >= 0.3 is 6.09 Å². The Labute approximate surface area is 101 Å². The van der Waals surface area contributed by atoms with E-state index >= 15 is 0 Å². The zero-order valence-corrected chi connectivity index (χ0v) is 10.9. The Morgan fingerprint density at radius 2 is 2.18 bits per heavy atom. The van der Waals surface area contributed by atoms with Crippen LogP contribution in [0, 0.1) is 0 Å². The van der Waals surface area contributed by atoms with Crippen LogP contribution in [0.5, 0.6) is 0 Å². The normalized spacial score (nSPS) is 32.4. The minimum atomic E-state index is -0.650. The first-order valence-electron chi connectivity index (χ1n) is 6.09. The highest BCUT2D eigenvalue weighted by Gasteiger charge is 2.61. The molecule has 0 bridgehead atoms. The van der Waals surface area contributed by atoms with Crippen molar-refractivity contribution in [2.45, 2.75) is 57.7 Å². The zero-order chi connectivity index (χ0) is 12.8. The fourth-order valence-electron chi connectivity index (χ4n) is 2.66. The molecule has 2 aliphatic heterocycles. The monoisotopic (exact) mass is 240 g/mol. The maximum Gasteiger partial charge on any atom is 0.411 e. The predicted molar refractivity (Wildman–Crippen MR) is 62.5 cm³/mol. The lowest BCUT2D eigenvalue weighted by Gasteiger charge is -2.49. The highest BCUT2D eigenvalue weighted by molar-refractivity contribution is 5.97.